The smallest absolute Gasteiger partial charge is 0.418 e. The van der Waals surface area contributed by atoms with Crippen LogP contribution in [0, 0.1) is 0 Å². The van der Waals surface area contributed by atoms with E-state index in [1.165, 1.54) is 49.4 Å². The van der Waals surface area contributed by atoms with Gasteiger partial charge in [0.05, 0.1) is 0 Å². The molecule has 0 N–H and O–H groups in total. The molecular formula is C11H19BF4S2. The Balaban J connectivity index is 0.000000280. The Morgan fingerprint density at radius 1 is 1.11 bits per heavy atom. The Hall–Kier alpha value is 0.225. The lowest BCUT2D eigenvalue weighted by Crippen LogP contribution is -2.08. The third-order valence-electron chi connectivity index (χ3n) is 2.92. The molecule has 0 amide bonds. The predicted molar refractivity (Wildman–Crippen MR) is 75.5 cm³/mol. The van der Waals surface area contributed by atoms with Crippen LogP contribution in [0.1, 0.15) is 39.0 Å². The summed E-state index contributed by atoms with van der Waals surface area (Å²) in [6, 6.07) is 0. The minimum Gasteiger partial charge on any atom is -0.418 e. The Labute approximate surface area is 113 Å². The Morgan fingerprint density at radius 3 is 2.17 bits per heavy atom. The average Bonchev–Trinajstić information content (AvgIpc) is 2.76. The van der Waals surface area contributed by atoms with Crippen molar-refractivity contribution < 1.29 is 17.3 Å². The van der Waals surface area contributed by atoms with Crippen molar-refractivity contribution in [3.05, 3.63) is 9.81 Å². The summed E-state index contributed by atoms with van der Waals surface area (Å²) >= 11 is 2.17. The highest BCUT2D eigenvalue weighted by molar-refractivity contribution is 8.23. The second-order valence-corrected chi connectivity index (χ2v) is 8.02. The van der Waals surface area contributed by atoms with Gasteiger partial charge < -0.3 is 17.3 Å². The first-order valence-electron chi connectivity index (χ1n) is 6.31. The molecular weight excluding hydrogens is 283 g/mol. The molecule has 0 spiro atoms. The lowest BCUT2D eigenvalue weighted by atomic mass is 9.96. The van der Waals surface area contributed by atoms with Crippen LogP contribution in [-0.4, -0.2) is 24.5 Å². The van der Waals surface area contributed by atoms with E-state index in [1.807, 2.05) is 9.81 Å². The molecule has 0 aromatic rings. The van der Waals surface area contributed by atoms with Crippen LogP contribution >= 0.6 is 11.8 Å². The van der Waals surface area contributed by atoms with Gasteiger partial charge in [-0.1, -0.05) is 18.2 Å². The molecule has 1 aliphatic carbocycles. The van der Waals surface area contributed by atoms with Crippen LogP contribution in [-0.2, 0) is 10.9 Å². The molecule has 1 saturated heterocycles. The van der Waals surface area contributed by atoms with Gasteiger partial charge in [0, 0.05) is 16.6 Å². The molecule has 1 saturated carbocycles. The van der Waals surface area contributed by atoms with Crippen LogP contribution in [0.15, 0.2) is 9.81 Å². The standard InChI is InChI=1S/C11H19S2.BF4/c1-2-13-9-8-12-11(13)10-6-4-3-5-7-10;2-1(3,4)5/h2-9H2,1H3;/q+1;-1. The van der Waals surface area contributed by atoms with E-state index in [1.54, 1.807) is 0 Å². The van der Waals surface area contributed by atoms with Gasteiger partial charge in [0.2, 0.25) is 0 Å². The molecule has 7 heteroatoms. The van der Waals surface area contributed by atoms with Gasteiger partial charge in [-0.15, -0.1) is 0 Å². The van der Waals surface area contributed by atoms with E-state index in [-0.39, 0.29) is 0 Å². The van der Waals surface area contributed by atoms with Gasteiger partial charge in [-0.25, -0.2) is 0 Å². The molecule has 1 unspecified atom stereocenters. The third kappa shape index (κ3) is 6.41. The van der Waals surface area contributed by atoms with Crippen LogP contribution in [0.4, 0.5) is 17.3 Å². The predicted octanol–water partition coefficient (Wildman–Crippen LogP) is 4.85. The average molecular weight is 302 g/mol. The summed E-state index contributed by atoms with van der Waals surface area (Å²) in [4.78, 5) is 0. The van der Waals surface area contributed by atoms with Crippen molar-refractivity contribution in [2.45, 2.75) is 39.0 Å². The molecule has 0 aromatic carbocycles. The first kappa shape index (κ1) is 16.3. The lowest BCUT2D eigenvalue weighted by Gasteiger charge is -2.14. The van der Waals surface area contributed by atoms with E-state index in [4.69, 9.17) is 0 Å². The highest BCUT2D eigenvalue weighted by atomic mass is 32.2. The number of halogens is 4. The highest BCUT2D eigenvalue weighted by Gasteiger charge is 2.33. The second kappa shape index (κ2) is 7.73. The fourth-order valence-corrected chi connectivity index (χ4v) is 6.78. The maximum atomic E-state index is 9.75. The summed E-state index contributed by atoms with van der Waals surface area (Å²) in [7, 11) is -5.33. The van der Waals surface area contributed by atoms with Crippen LogP contribution in [0.3, 0.4) is 0 Å². The molecule has 0 nitrogen and oxygen atoms in total. The number of rotatable bonds is 1. The van der Waals surface area contributed by atoms with E-state index in [2.05, 4.69) is 18.7 Å². The summed E-state index contributed by atoms with van der Waals surface area (Å²) in [5.41, 5.74) is 1.85. The van der Waals surface area contributed by atoms with Gasteiger partial charge >= 0.3 is 7.25 Å². The van der Waals surface area contributed by atoms with E-state index < -0.39 is 7.25 Å². The second-order valence-electron chi connectivity index (χ2n) is 4.28. The van der Waals surface area contributed by atoms with Crippen LogP contribution in [0.5, 0.6) is 0 Å². The van der Waals surface area contributed by atoms with Crippen LogP contribution in [0.2, 0.25) is 0 Å². The maximum Gasteiger partial charge on any atom is 0.673 e. The van der Waals surface area contributed by atoms with Crippen molar-refractivity contribution in [1.29, 1.82) is 0 Å². The molecule has 1 heterocycles. The van der Waals surface area contributed by atoms with E-state index in [0.717, 1.165) is 0 Å². The van der Waals surface area contributed by atoms with Gasteiger partial charge in [0.1, 0.15) is 11.5 Å². The summed E-state index contributed by atoms with van der Waals surface area (Å²) in [6.45, 7) is 2.36. The zero-order chi connectivity index (χ0) is 13.6. The topological polar surface area (TPSA) is 0 Å². The zero-order valence-electron chi connectivity index (χ0n) is 10.6. The fraction of sp³-hybridized carbons (Fsp3) is 0.818. The molecule has 2 rings (SSSR count). The van der Waals surface area contributed by atoms with Crippen molar-refractivity contribution >= 4 is 29.9 Å². The van der Waals surface area contributed by atoms with Crippen molar-refractivity contribution in [2.75, 3.05) is 17.3 Å². The fourth-order valence-electron chi connectivity index (χ4n) is 2.18. The summed E-state index contributed by atoms with van der Waals surface area (Å²) in [5, 5.41) is 0. The normalized spacial score (nSPS) is 24.8. The molecule has 1 aliphatic heterocycles. The van der Waals surface area contributed by atoms with E-state index in [0.29, 0.717) is 10.9 Å². The monoisotopic (exact) mass is 302 g/mol. The summed E-state index contributed by atoms with van der Waals surface area (Å²) in [5.74, 6) is 4.27. The molecule has 106 valence electrons. The summed E-state index contributed by atoms with van der Waals surface area (Å²) in [6.07, 6.45) is 7.24. The van der Waals surface area contributed by atoms with E-state index >= 15 is 0 Å². The number of hydrogen-bond acceptors (Lipinski definition) is 1. The van der Waals surface area contributed by atoms with Crippen molar-refractivity contribution in [1.82, 2.24) is 0 Å². The maximum absolute atomic E-state index is 9.75. The first-order chi connectivity index (χ1) is 8.42. The SMILES string of the molecule is CC[S+]1CCSC1=C1CCCCC1.F[B-](F)(F)F. The molecule has 0 aromatic heterocycles. The Bertz CT molecular complexity index is 277. The molecule has 0 radical (unpaired) electrons. The Morgan fingerprint density at radius 2 is 1.67 bits per heavy atom. The van der Waals surface area contributed by atoms with Crippen molar-refractivity contribution in [3.8, 4) is 0 Å². The van der Waals surface area contributed by atoms with Crippen molar-refractivity contribution in [3.63, 3.8) is 0 Å². The third-order valence-corrected chi connectivity index (χ3v) is 7.40. The number of thioether (sulfide) groups is 1. The van der Waals surface area contributed by atoms with Gasteiger partial charge in [-0.3, -0.25) is 0 Å². The molecule has 18 heavy (non-hydrogen) atoms. The van der Waals surface area contributed by atoms with Crippen molar-refractivity contribution in [2.24, 2.45) is 0 Å². The van der Waals surface area contributed by atoms with Crippen LogP contribution in [0.25, 0.3) is 0 Å². The number of allylic oxidation sites excluding steroid dienone is 1. The van der Waals surface area contributed by atoms with Gasteiger partial charge in [0.25, 0.3) is 0 Å². The summed E-state index contributed by atoms with van der Waals surface area (Å²) < 4.78 is 40.8. The lowest BCUT2D eigenvalue weighted by molar-refractivity contribution is 0.368. The molecule has 2 fully saturated rings. The van der Waals surface area contributed by atoms with Gasteiger partial charge in [-0.2, -0.15) is 0 Å². The number of hydrogen-bond donors (Lipinski definition) is 0. The quantitative estimate of drug-likeness (QED) is 0.379. The minimum absolute atomic E-state index is 0.673. The molecule has 2 aliphatic rings. The largest absolute Gasteiger partial charge is 0.673 e. The molecule has 0 bridgehead atoms. The highest BCUT2D eigenvalue weighted by Crippen LogP contribution is 2.39. The zero-order valence-corrected chi connectivity index (χ0v) is 12.2. The minimum atomic E-state index is -6.00. The van der Waals surface area contributed by atoms with Crippen LogP contribution < -0.4 is 0 Å². The first-order valence-corrected chi connectivity index (χ1v) is 8.86. The van der Waals surface area contributed by atoms with Gasteiger partial charge in [0.15, 0.2) is 4.24 Å². The van der Waals surface area contributed by atoms with E-state index in [9.17, 15) is 17.3 Å². The van der Waals surface area contributed by atoms with Gasteiger partial charge in [-0.05, 0) is 38.2 Å². The Kier molecular flexibility index (Phi) is 6.99. The molecule has 1 atom stereocenters.